The molecule has 0 saturated carbocycles. The number of nitrogens with one attached hydrogen (secondary N) is 1. The summed E-state index contributed by atoms with van der Waals surface area (Å²) >= 11 is 5.98. The van der Waals surface area contributed by atoms with E-state index in [1.807, 2.05) is 36.4 Å². The second kappa shape index (κ2) is 4.94. The maximum atomic E-state index is 5.98. The van der Waals surface area contributed by atoms with Gasteiger partial charge in [-0.3, -0.25) is 0 Å². The van der Waals surface area contributed by atoms with E-state index in [4.69, 9.17) is 16.0 Å². The predicted molar refractivity (Wildman–Crippen MR) is 78.1 cm³/mol. The van der Waals surface area contributed by atoms with Crippen molar-refractivity contribution in [1.29, 1.82) is 0 Å². The molecule has 2 aromatic heterocycles. The maximum Gasteiger partial charge on any atom is 0.141 e. The average Bonchev–Trinajstić information content (AvgIpc) is 2.83. The number of aryl methyl sites for hydroxylation is 1. The molecule has 0 aliphatic heterocycles. The Kier molecular flexibility index (Phi) is 3.13. The van der Waals surface area contributed by atoms with Crippen LogP contribution in [0.5, 0.6) is 0 Å². The molecule has 0 amide bonds. The SMILES string of the molecule is CCc1cc2c(Nc3cccc(Cl)c3)nccc2o1. The fourth-order valence-corrected chi connectivity index (χ4v) is 2.18. The Morgan fingerprint density at radius 2 is 2.16 bits per heavy atom. The number of hydrogen-bond acceptors (Lipinski definition) is 3. The van der Waals surface area contributed by atoms with Crippen LogP contribution in [0, 0.1) is 0 Å². The van der Waals surface area contributed by atoms with Gasteiger partial charge in [-0.2, -0.15) is 0 Å². The van der Waals surface area contributed by atoms with Crippen molar-refractivity contribution in [2.45, 2.75) is 13.3 Å². The summed E-state index contributed by atoms with van der Waals surface area (Å²) in [7, 11) is 0. The maximum absolute atomic E-state index is 5.98. The zero-order valence-electron chi connectivity index (χ0n) is 10.5. The lowest BCUT2D eigenvalue weighted by Gasteiger charge is -2.06. The zero-order valence-corrected chi connectivity index (χ0v) is 11.2. The highest BCUT2D eigenvalue weighted by molar-refractivity contribution is 6.30. The van der Waals surface area contributed by atoms with Gasteiger partial charge < -0.3 is 9.73 Å². The molecule has 0 unspecified atom stereocenters. The molecule has 1 N–H and O–H groups in total. The molecule has 96 valence electrons. The third-order valence-corrected chi connectivity index (χ3v) is 3.17. The van der Waals surface area contributed by atoms with E-state index in [2.05, 4.69) is 17.2 Å². The highest BCUT2D eigenvalue weighted by Gasteiger charge is 2.08. The molecule has 0 aliphatic rings. The molecule has 0 saturated heterocycles. The van der Waals surface area contributed by atoms with Gasteiger partial charge in [0, 0.05) is 23.3 Å². The van der Waals surface area contributed by atoms with E-state index in [1.54, 1.807) is 6.20 Å². The van der Waals surface area contributed by atoms with Crippen molar-refractivity contribution < 1.29 is 4.42 Å². The summed E-state index contributed by atoms with van der Waals surface area (Å²) in [6.07, 6.45) is 2.60. The van der Waals surface area contributed by atoms with Gasteiger partial charge >= 0.3 is 0 Å². The van der Waals surface area contributed by atoms with Crippen molar-refractivity contribution in [3.05, 3.63) is 53.4 Å². The van der Waals surface area contributed by atoms with Crippen molar-refractivity contribution in [3.63, 3.8) is 0 Å². The summed E-state index contributed by atoms with van der Waals surface area (Å²) in [6, 6.07) is 11.5. The summed E-state index contributed by atoms with van der Waals surface area (Å²) in [6.45, 7) is 2.06. The molecule has 0 atom stereocenters. The van der Waals surface area contributed by atoms with Crippen LogP contribution in [0.3, 0.4) is 0 Å². The van der Waals surface area contributed by atoms with Gasteiger partial charge in [0.1, 0.15) is 17.2 Å². The lowest BCUT2D eigenvalue weighted by Crippen LogP contribution is -1.93. The first-order valence-corrected chi connectivity index (χ1v) is 6.54. The first-order chi connectivity index (χ1) is 9.26. The Balaban J connectivity index is 2.02. The number of halogens is 1. The Bertz CT molecular complexity index is 721. The number of benzene rings is 1. The van der Waals surface area contributed by atoms with Crippen molar-refractivity contribution >= 4 is 34.1 Å². The fourth-order valence-electron chi connectivity index (χ4n) is 1.99. The number of furan rings is 1. The second-order valence-electron chi connectivity index (χ2n) is 4.27. The molecule has 0 aliphatic carbocycles. The minimum absolute atomic E-state index is 0.693. The minimum Gasteiger partial charge on any atom is -0.461 e. The Morgan fingerprint density at radius 3 is 2.95 bits per heavy atom. The molecule has 2 heterocycles. The third-order valence-electron chi connectivity index (χ3n) is 2.93. The third kappa shape index (κ3) is 2.42. The molecule has 4 heteroatoms. The van der Waals surface area contributed by atoms with Crippen LogP contribution in [0.25, 0.3) is 11.0 Å². The first-order valence-electron chi connectivity index (χ1n) is 6.16. The highest BCUT2D eigenvalue weighted by atomic mass is 35.5. The quantitative estimate of drug-likeness (QED) is 0.745. The van der Waals surface area contributed by atoms with Gasteiger partial charge in [-0.05, 0) is 30.3 Å². The normalized spacial score (nSPS) is 10.8. The molecular weight excluding hydrogens is 260 g/mol. The van der Waals surface area contributed by atoms with Crippen molar-refractivity contribution in [3.8, 4) is 0 Å². The molecule has 0 spiro atoms. The van der Waals surface area contributed by atoms with Crippen LogP contribution in [-0.2, 0) is 6.42 Å². The topological polar surface area (TPSA) is 38.1 Å². The van der Waals surface area contributed by atoms with Gasteiger partial charge in [-0.1, -0.05) is 24.6 Å². The Labute approximate surface area is 116 Å². The molecule has 3 nitrogen and oxygen atoms in total. The number of nitrogens with zero attached hydrogens (tertiary/aromatic N) is 1. The van der Waals surface area contributed by atoms with Crippen LogP contribution in [-0.4, -0.2) is 4.98 Å². The Morgan fingerprint density at radius 1 is 1.26 bits per heavy atom. The molecule has 3 aromatic rings. The molecular formula is C15H13ClN2O. The van der Waals surface area contributed by atoms with Crippen LogP contribution in [0.15, 0.2) is 47.0 Å². The summed E-state index contributed by atoms with van der Waals surface area (Å²) in [5.41, 5.74) is 1.75. The van der Waals surface area contributed by atoms with Crippen LogP contribution in [0.1, 0.15) is 12.7 Å². The zero-order chi connectivity index (χ0) is 13.2. The predicted octanol–water partition coefficient (Wildman–Crippen LogP) is 4.79. The second-order valence-corrected chi connectivity index (χ2v) is 4.71. The van der Waals surface area contributed by atoms with Gasteiger partial charge in [0.15, 0.2) is 0 Å². The number of fused-ring (bicyclic) bond motifs is 1. The molecule has 0 radical (unpaired) electrons. The van der Waals surface area contributed by atoms with E-state index >= 15 is 0 Å². The Hall–Kier alpha value is -2.00. The first kappa shape index (κ1) is 12.1. The molecule has 0 fully saturated rings. The number of anilines is 2. The van der Waals surface area contributed by atoms with Gasteiger partial charge in [0.25, 0.3) is 0 Å². The van der Waals surface area contributed by atoms with Crippen LogP contribution >= 0.6 is 11.6 Å². The molecule has 19 heavy (non-hydrogen) atoms. The van der Waals surface area contributed by atoms with Gasteiger partial charge in [-0.15, -0.1) is 0 Å². The van der Waals surface area contributed by atoms with Gasteiger partial charge in [0.2, 0.25) is 0 Å². The van der Waals surface area contributed by atoms with E-state index in [1.165, 1.54) is 0 Å². The fraction of sp³-hybridized carbons (Fsp3) is 0.133. The van der Waals surface area contributed by atoms with Crippen LogP contribution < -0.4 is 5.32 Å². The summed E-state index contributed by atoms with van der Waals surface area (Å²) in [5, 5.41) is 4.95. The smallest absolute Gasteiger partial charge is 0.141 e. The van der Waals surface area contributed by atoms with E-state index in [0.29, 0.717) is 5.02 Å². The van der Waals surface area contributed by atoms with Crippen molar-refractivity contribution in [2.75, 3.05) is 5.32 Å². The number of hydrogen-bond donors (Lipinski definition) is 1. The number of pyridine rings is 1. The van der Waals surface area contributed by atoms with E-state index in [0.717, 1.165) is 34.7 Å². The van der Waals surface area contributed by atoms with E-state index in [-0.39, 0.29) is 0 Å². The summed E-state index contributed by atoms with van der Waals surface area (Å²) in [5.74, 6) is 1.74. The molecule has 0 bridgehead atoms. The largest absolute Gasteiger partial charge is 0.461 e. The van der Waals surface area contributed by atoms with Gasteiger partial charge in [0.05, 0.1) is 5.39 Å². The minimum atomic E-state index is 0.693. The summed E-state index contributed by atoms with van der Waals surface area (Å²) < 4.78 is 5.71. The van der Waals surface area contributed by atoms with Crippen LogP contribution in [0.2, 0.25) is 5.02 Å². The summed E-state index contributed by atoms with van der Waals surface area (Å²) in [4.78, 5) is 4.37. The number of aromatic nitrogens is 1. The van der Waals surface area contributed by atoms with Crippen molar-refractivity contribution in [1.82, 2.24) is 4.98 Å². The highest BCUT2D eigenvalue weighted by Crippen LogP contribution is 2.28. The lowest BCUT2D eigenvalue weighted by atomic mass is 10.2. The number of rotatable bonds is 3. The molecule has 3 rings (SSSR count). The average molecular weight is 273 g/mol. The molecule has 1 aromatic carbocycles. The van der Waals surface area contributed by atoms with Crippen molar-refractivity contribution in [2.24, 2.45) is 0 Å². The van der Waals surface area contributed by atoms with E-state index < -0.39 is 0 Å². The monoisotopic (exact) mass is 272 g/mol. The van der Waals surface area contributed by atoms with E-state index in [9.17, 15) is 0 Å². The van der Waals surface area contributed by atoms with Gasteiger partial charge in [-0.25, -0.2) is 4.98 Å². The standard InChI is InChI=1S/C15H13ClN2O/c1-2-12-9-13-14(19-12)6-7-17-15(13)18-11-5-3-4-10(16)8-11/h3-9H,2H2,1H3,(H,17,18). The van der Waals surface area contributed by atoms with Crippen LogP contribution in [0.4, 0.5) is 11.5 Å². The lowest BCUT2D eigenvalue weighted by molar-refractivity contribution is 0.557.